The number of hydrogen-bond acceptors (Lipinski definition) is 4. The van der Waals surface area contributed by atoms with Gasteiger partial charge in [-0.15, -0.1) is 0 Å². The average molecular weight is 363 g/mol. The maximum atomic E-state index is 13.0. The molecule has 114 valence electrons. The largest absolute Gasteiger partial charge is 0.419 e. The lowest BCUT2D eigenvalue weighted by atomic mass is 10.0. The van der Waals surface area contributed by atoms with E-state index in [4.69, 9.17) is 5.26 Å². The van der Waals surface area contributed by atoms with Crippen LogP contribution in [-0.2, 0) is 6.18 Å². The highest BCUT2D eigenvalue weighted by Crippen LogP contribution is 2.35. The fraction of sp³-hybridized carbons (Fsp3) is 0.538. The van der Waals surface area contributed by atoms with E-state index in [9.17, 15) is 13.2 Å². The number of nitrogens with zero attached hydrogens (tertiary/aromatic N) is 3. The van der Waals surface area contributed by atoms with Gasteiger partial charge < -0.3 is 5.32 Å². The van der Waals surface area contributed by atoms with Gasteiger partial charge in [-0.2, -0.15) is 18.4 Å². The molecule has 0 aromatic carbocycles. The second kappa shape index (κ2) is 6.62. The fourth-order valence-corrected chi connectivity index (χ4v) is 2.63. The van der Waals surface area contributed by atoms with Gasteiger partial charge in [-0.05, 0) is 34.8 Å². The highest BCUT2D eigenvalue weighted by atomic mass is 79.9. The summed E-state index contributed by atoms with van der Waals surface area (Å²) in [5.74, 6) is -0.135. The second-order valence-electron chi connectivity index (χ2n) is 4.90. The molecule has 0 bridgehead atoms. The third kappa shape index (κ3) is 4.32. The molecule has 4 nitrogen and oxygen atoms in total. The summed E-state index contributed by atoms with van der Waals surface area (Å²) < 4.78 is 39.3. The summed E-state index contributed by atoms with van der Waals surface area (Å²) in [6.07, 6.45) is -1.71. The van der Waals surface area contributed by atoms with Crippen molar-refractivity contribution in [3.8, 4) is 6.07 Å². The van der Waals surface area contributed by atoms with Crippen LogP contribution in [0.2, 0.25) is 0 Å². The third-order valence-corrected chi connectivity index (χ3v) is 3.82. The summed E-state index contributed by atoms with van der Waals surface area (Å²) in [7, 11) is 0. The molecule has 0 atom stereocenters. The van der Waals surface area contributed by atoms with Gasteiger partial charge in [0, 0.05) is 29.8 Å². The predicted octanol–water partition coefficient (Wildman–Crippen LogP) is 3.26. The van der Waals surface area contributed by atoms with Crippen molar-refractivity contribution in [2.75, 3.05) is 25.0 Å². The molecule has 0 radical (unpaired) electrons. The summed E-state index contributed by atoms with van der Waals surface area (Å²) >= 11 is 3.01. The Morgan fingerprint density at radius 2 is 2.10 bits per heavy atom. The molecule has 0 unspecified atom stereocenters. The van der Waals surface area contributed by atoms with E-state index in [0.717, 1.165) is 6.07 Å². The lowest BCUT2D eigenvalue weighted by Crippen LogP contribution is -2.39. The van der Waals surface area contributed by atoms with Crippen molar-refractivity contribution in [2.45, 2.75) is 25.1 Å². The maximum absolute atomic E-state index is 13.0. The van der Waals surface area contributed by atoms with E-state index in [1.807, 2.05) is 4.90 Å². The van der Waals surface area contributed by atoms with Gasteiger partial charge in [0.15, 0.2) is 0 Å². The first-order valence-electron chi connectivity index (χ1n) is 6.48. The van der Waals surface area contributed by atoms with Crippen molar-refractivity contribution in [3.63, 3.8) is 0 Å². The highest BCUT2D eigenvalue weighted by Gasteiger charge is 2.35. The number of nitriles is 1. The Morgan fingerprint density at radius 1 is 1.43 bits per heavy atom. The third-order valence-electron chi connectivity index (χ3n) is 3.38. The van der Waals surface area contributed by atoms with E-state index < -0.39 is 11.7 Å². The van der Waals surface area contributed by atoms with Gasteiger partial charge in [0.1, 0.15) is 5.82 Å². The number of piperidine rings is 1. The molecular formula is C13H14BrF3N4. The Hall–Kier alpha value is -1.33. The van der Waals surface area contributed by atoms with E-state index in [-0.39, 0.29) is 11.9 Å². The lowest BCUT2D eigenvalue weighted by molar-refractivity contribution is -0.137. The van der Waals surface area contributed by atoms with Crippen LogP contribution in [0, 0.1) is 11.3 Å². The number of halogens is 4. The molecule has 1 aliphatic rings. The van der Waals surface area contributed by atoms with Crippen LogP contribution < -0.4 is 5.32 Å². The summed E-state index contributed by atoms with van der Waals surface area (Å²) in [5, 5.41) is 11.5. The molecule has 0 aliphatic carbocycles. The van der Waals surface area contributed by atoms with Gasteiger partial charge in [-0.25, -0.2) is 4.98 Å². The van der Waals surface area contributed by atoms with Gasteiger partial charge in [-0.1, -0.05) is 0 Å². The first kappa shape index (κ1) is 16.0. The molecule has 0 spiro atoms. The van der Waals surface area contributed by atoms with Crippen molar-refractivity contribution < 1.29 is 13.2 Å². The minimum atomic E-state index is -4.44. The number of nitrogens with one attached hydrogen (secondary N) is 1. The molecular weight excluding hydrogens is 349 g/mol. The van der Waals surface area contributed by atoms with Crippen LogP contribution >= 0.6 is 15.9 Å². The van der Waals surface area contributed by atoms with Crippen LogP contribution in [0.3, 0.4) is 0 Å². The van der Waals surface area contributed by atoms with E-state index in [1.54, 1.807) is 0 Å². The molecule has 1 aliphatic heterocycles. The summed E-state index contributed by atoms with van der Waals surface area (Å²) in [5.41, 5.74) is -0.767. The number of hydrogen-bond donors (Lipinski definition) is 1. The molecule has 1 aromatic rings. The Bertz CT molecular complexity index is 533. The van der Waals surface area contributed by atoms with Crippen molar-refractivity contribution in [1.82, 2.24) is 9.88 Å². The number of pyridine rings is 1. The molecule has 0 saturated carbocycles. The zero-order valence-electron chi connectivity index (χ0n) is 11.1. The van der Waals surface area contributed by atoms with Crippen LogP contribution in [-0.4, -0.2) is 35.6 Å². The molecule has 2 rings (SSSR count). The molecule has 2 heterocycles. The minimum absolute atomic E-state index is 0.0604. The van der Waals surface area contributed by atoms with Crippen molar-refractivity contribution in [1.29, 1.82) is 5.26 Å². The average Bonchev–Trinajstić information content (AvgIpc) is 2.42. The van der Waals surface area contributed by atoms with Crippen LogP contribution in [0.5, 0.6) is 0 Å². The normalized spacial score (nSPS) is 17.5. The Balaban J connectivity index is 2.06. The standard InChI is InChI=1S/C13H14BrF3N4/c14-9-7-11(13(15,16)17)12(19-8-9)20-10-1-4-21(5-2-10)6-3-18/h7-8,10H,1-2,4-6H2,(H,19,20). The summed E-state index contributed by atoms with van der Waals surface area (Å²) in [4.78, 5) is 5.83. The smallest absolute Gasteiger partial charge is 0.367 e. The Labute approximate surface area is 129 Å². The van der Waals surface area contributed by atoms with Gasteiger partial charge >= 0.3 is 6.18 Å². The van der Waals surface area contributed by atoms with E-state index in [2.05, 4.69) is 32.3 Å². The van der Waals surface area contributed by atoms with E-state index >= 15 is 0 Å². The van der Waals surface area contributed by atoms with Gasteiger partial charge in [0.2, 0.25) is 0 Å². The van der Waals surface area contributed by atoms with Crippen molar-refractivity contribution in [3.05, 3.63) is 22.3 Å². The number of rotatable bonds is 3. The minimum Gasteiger partial charge on any atom is -0.367 e. The van der Waals surface area contributed by atoms with Crippen LogP contribution in [0.4, 0.5) is 19.0 Å². The maximum Gasteiger partial charge on any atom is 0.419 e. The quantitative estimate of drug-likeness (QED) is 0.838. The summed E-state index contributed by atoms with van der Waals surface area (Å²) in [6.45, 7) is 1.75. The van der Waals surface area contributed by atoms with Crippen molar-refractivity contribution in [2.24, 2.45) is 0 Å². The first-order valence-corrected chi connectivity index (χ1v) is 7.28. The number of likely N-dealkylation sites (tertiary alicyclic amines) is 1. The molecule has 1 fully saturated rings. The Kier molecular flexibility index (Phi) is 5.06. The molecule has 0 amide bonds. The number of anilines is 1. The molecule has 1 aromatic heterocycles. The van der Waals surface area contributed by atoms with Gasteiger partial charge in [0.05, 0.1) is 18.2 Å². The lowest BCUT2D eigenvalue weighted by Gasteiger charge is -2.31. The fourth-order valence-electron chi connectivity index (χ4n) is 2.30. The Morgan fingerprint density at radius 3 is 2.67 bits per heavy atom. The summed E-state index contributed by atoms with van der Waals surface area (Å²) in [6, 6.07) is 3.04. The number of aromatic nitrogens is 1. The monoisotopic (exact) mass is 362 g/mol. The predicted molar refractivity (Wildman–Crippen MR) is 75.6 cm³/mol. The van der Waals surface area contributed by atoms with E-state index in [1.165, 1.54) is 6.20 Å². The second-order valence-corrected chi connectivity index (χ2v) is 5.82. The van der Waals surface area contributed by atoms with Gasteiger partial charge in [-0.3, -0.25) is 4.90 Å². The van der Waals surface area contributed by atoms with Crippen LogP contribution in [0.1, 0.15) is 18.4 Å². The van der Waals surface area contributed by atoms with Crippen LogP contribution in [0.25, 0.3) is 0 Å². The highest BCUT2D eigenvalue weighted by molar-refractivity contribution is 9.10. The SMILES string of the molecule is N#CCN1CCC(Nc2ncc(Br)cc2C(F)(F)F)CC1. The molecule has 1 saturated heterocycles. The number of alkyl halides is 3. The van der Waals surface area contributed by atoms with Crippen molar-refractivity contribution >= 4 is 21.7 Å². The topological polar surface area (TPSA) is 52.0 Å². The molecule has 1 N–H and O–H groups in total. The molecule has 8 heteroatoms. The van der Waals surface area contributed by atoms with Gasteiger partial charge in [0.25, 0.3) is 0 Å². The first-order chi connectivity index (χ1) is 9.90. The molecule has 21 heavy (non-hydrogen) atoms. The van der Waals surface area contributed by atoms with E-state index in [0.29, 0.717) is 36.9 Å². The zero-order valence-corrected chi connectivity index (χ0v) is 12.7. The van der Waals surface area contributed by atoms with Crippen LogP contribution in [0.15, 0.2) is 16.7 Å². The zero-order chi connectivity index (χ0) is 15.5.